The maximum Gasteiger partial charge on any atom is 0.127 e. The molecule has 0 unspecified atom stereocenters. The van der Waals surface area contributed by atoms with Gasteiger partial charge in [-0.05, 0) is 29.0 Å². The molecule has 0 aliphatic heterocycles. The summed E-state index contributed by atoms with van der Waals surface area (Å²) in [5, 5.41) is 0. The fourth-order valence-electron chi connectivity index (χ4n) is 1.32. The summed E-state index contributed by atoms with van der Waals surface area (Å²) in [7, 11) is 0. The first-order valence-corrected chi connectivity index (χ1v) is 5.56. The average molecular weight is 259 g/mol. The van der Waals surface area contributed by atoms with E-state index in [1.165, 1.54) is 6.07 Å². The summed E-state index contributed by atoms with van der Waals surface area (Å²) >= 11 is 3.26. The first kappa shape index (κ1) is 11.7. The standard InChI is InChI=1S/C12H16BrF/c1-8(12(2,3)4)10-6-5-9(13)7-11(10)14/h5-8H,1-4H3/t8-/m0/s1. The Morgan fingerprint density at radius 3 is 2.29 bits per heavy atom. The first-order chi connectivity index (χ1) is 6.32. The smallest absolute Gasteiger partial charge is 0.127 e. The lowest BCUT2D eigenvalue weighted by molar-refractivity contribution is 0.331. The average Bonchev–Trinajstić information content (AvgIpc) is 2.01. The molecule has 14 heavy (non-hydrogen) atoms. The fourth-order valence-corrected chi connectivity index (χ4v) is 1.65. The van der Waals surface area contributed by atoms with Gasteiger partial charge in [0, 0.05) is 4.47 Å². The Balaban J connectivity index is 3.08. The third-order valence-corrected chi connectivity index (χ3v) is 3.22. The van der Waals surface area contributed by atoms with Gasteiger partial charge in [-0.15, -0.1) is 0 Å². The SMILES string of the molecule is C[C@@H](c1ccc(Br)cc1F)C(C)(C)C. The van der Waals surface area contributed by atoms with Crippen molar-refractivity contribution in [3.63, 3.8) is 0 Å². The molecule has 0 heterocycles. The summed E-state index contributed by atoms with van der Waals surface area (Å²) < 4.78 is 14.4. The molecule has 0 bridgehead atoms. The van der Waals surface area contributed by atoms with Crippen LogP contribution in [-0.2, 0) is 0 Å². The first-order valence-electron chi connectivity index (χ1n) is 4.77. The Kier molecular flexibility index (Phi) is 3.36. The zero-order valence-electron chi connectivity index (χ0n) is 9.07. The van der Waals surface area contributed by atoms with Crippen LogP contribution in [0, 0.1) is 11.2 Å². The molecule has 0 spiro atoms. The van der Waals surface area contributed by atoms with Crippen LogP contribution in [0.15, 0.2) is 22.7 Å². The van der Waals surface area contributed by atoms with Crippen molar-refractivity contribution in [2.24, 2.45) is 5.41 Å². The van der Waals surface area contributed by atoms with Crippen molar-refractivity contribution in [2.45, 2.75) is 33.6 Å². The summed E-state index contributed by atoms with van der Waals surface area (Å²) in [6, 6.07) is 5.27. The van der Waals surface area contributed by atoms with Crippen LogP contribution in [0.4, 0.5) is 4.39 Å². The second kappa shape index (κ2) is 4.01. The molecule has 1 atom stereocenters. The van der Waals surface area contributed by atoms with Gasteiger partial charge in [-0.3, -0.25) is 0 Å². The van der Waals surface area contributed by atoms with E-state index in [0.717, 1.165) is 10.0 Å². The third-order valence-electron chi connectivity index (χ3n) is 2.73. The minimum Gasteiger partial charge on any atom is -0.207 e. The summed E-state index contributed by atoms with van der Waals surface area (Å²) in [5.74, 6) is 0.0948. The predicted octanol–water partition coefficient (Wildman–Crippen LogP) is 4.74. The van der Waals surface area contributed by atoms with Gasteiger partial charge in [0.1, 0.15) is 5.82 Å². The second-order valence-corrected chi connectivity index (χ2v) is 5.67. The highest BCUT2D eigenvalue weighted by Crippen LogP contribution is 2.36. The topological polar surface area (TPSA) is 0 Å². The lowest BCUT2D eigenvalue weighted by atomic mass is 9.78. The number of benzene rings is 1. The van der Waals surface area contributed by atoms with Gasteiger partial charge in [-0.2, -0.15) is 0 Å². The molecule has 0 saturated carbocycles. The number of hydrogen-bond acceptors (Lipinski definition) is 0. The molecule has 0 amide bonds. The molecule has 1 aromatic rings. The van der Waals surface area contributed by atoms with Gasteiger partial charge in [0.25, 0.3) is 0 Å². The molecular formula is C12H16BrF. The van der Waals surface area contributed by atoms with E-state index in [1.807, 2.05) is 12.1 Å². The Morgan fingerprint density at radius 1 is 1.29 bits per heavy atom. The van der Waals surface area contributed by atoms with Crippen molar-refractivity contribution in [1.29, 1.82) is 0 Å². The molecule has 78 valence electrons. The Bertz CT molecular complexity index is 326. The van der Waals surface area contributed by atoms with Gasteiger partial charge >= 0.3 is 0 Å². The van der Waals surface area contributed by atoms with Crippen molar-refractivity contribution >= 4 is 15.9 Å². The zero-order chi connectivity index (χ0) is 10.9. The monoisotopic (exact) mass is 258 g/mol. The van der Waals surface area contributed by atoms with Gasteiger partial charge in [0.15, 0.2) is 0 Å². The lowest BCUT2D eigenvalue weighted by Crippen LogP contribution is -2.16. The Hall–Kier alpha value is -0.370. The van der Waals surface area contributed by atoms with Crippen molar-refractivity contribution < 1.29 is 4.39 Å². The molecule has 0 aromatic heterocycles. The van der Waals surface area contributed by atoms with Crippen molar-refractivity contribution in [1.82, 2.24) is 0 Å². The molecule has 0 aliphatic carbocycles. The lowest BCUT2D eigenvalue weighted by Gasteiger charge is -2.27. The third kappa shape index (κ3) is 2.57. The molecule has 0 saturated heterocycles. The maximum absolute atomic E-state index is 13.6. The highest BCUT2D eigenvalue weighted by molar-refractivity contribution is 9.10. The molecule has 2 heteroatoms. The van der Waals surface area contributed by atoms with Gasteiger partial charge < -0.3 is 0 Å². The quantitative estimate of drug-likeness (QED) is 0.683. The van der Waals surface area contributed by atoms with Crippen molar-refractivity contribution in [3.05, 3.63) is 34.1 Å². The fraction of sp³-hybridized carbons (Fsp3) is 0.500. The van der Waals surface area contributed by atoms with Crippen LogP contribution in [0.2, 0.25) is 0 Å². The van der Waals surface area contributed by atoms with Gasteiger partial charge in [-0.1, -0.05) is 49.7 Å². The van der Waals surface area contributed by atoms with Crippen molar-refractivity contribution in [3.8, 4) is 0 Å². The van der Waals surface area contributed by atoms with E-state index in [9.17, 15) is 4.39 Å². The molecule has 0 aliphatic rings. The Labute approximate surface area is 93.7 Å². The molecule has 1 aromatic carbocycles. The van der Waals surface area contributed by atoms with E-state index in [4.69, 9.17) is 0 Å². The van der Waals surface area contributed by atoms with E-state index >= 15 is 0 Å². The van der Waals surface area contributed by atoms with Crippen molar-refractivity contribution in [2.75, 3.05) is 0 Å². The van der Waals surface area contributed by atoms with E-state index in [-0.39, 0.29) is 17.2 Å². The highest BCUT2D eigenvalue weighted by Gasteiger charge is 2.23. The molecular weight excluding hydrogens is 243 g/mol. The van der Waals surface area contributed by atoms with E-state index in [1.54, 1.807) is 0 Å². The maximum atomic E-state index is 13.6. The minimum absolute atomic E-state index is 0.0919. The summed E-state index contributed by atoms with van der Waals surface area (Å²) in [6.45, 7) is 8.43. The van der Waals surface area contributed by atoms with Crippen LogP contribution in [0.1, 0.15) is 39.2 Å². The van der Waals surface area contributed by atoms with E-state index in [2.05, 4.69) is 43.6 Å². The zero-order valence-corrected chi connectivity index (χ0v) is 10.7. The van der Waals surface area contributed by atoms with E-state index < -0.39 is 0 Å². The van der Waals surface area contributed by atoms with Crippen LogP contribution >= 0.6 is 15.9 Å². The molecule has 0 radical (unpaired) electrons. The molecule has 0 fully saturated rings. The van der Waals surface area contributed by atoms with Gasteiger partial charge in [0.05, 0.1) is 0 Å². The second-order valence-electron chi connectivity index (χ2n) is 4.75. The van der Waals surface area contributed by atoms with Crippen LogP contribution in [0.25, 0.3) is 0 Å². The van der Waals surface area contributed by atoms with Gasteiger partial charge in [0.2, 0.25) is 0 Å². The van der Waals surface area contributed by atoms with Crippen LogP contribution in [0.5, 0.6) is 0 Å². The van der Waals surface area contributed by atoms with Crippen LogP contribution < -0.4 is 0 Å². The van der Waals surface area contributed by atoms with Crippen LogP contribution in [-0.4, -0.2) is 0 Å². The largest absolute Gasteiger partial charge is 0.207 e. The van der Waals surface area contributed by atoms with Gasteiger partial charge in [-0.25, -0.2) is 4.39 Å². The molecule has 0 N–H and O–H groups in total. The number of halogens is 2. The molecule has 1 rings (SSSR count). The summed E-state index contributed by atoms with van der Waals surface area (Å²) in [4.78, 5) is 0. The van der Waals surface area contributed by atoms with E-state index in [0.29, 0.717) is 0 Å². The predicted molar refractivity (Wildman–Crippen MR) is 62.0 cm³/mol. The number of hydrogen-bond donors (Lipinski definition) is 0. The Morgan fingerprint density at radius 2 is 1.86 bits per heavy atom. The van der Waals surface area contributed by atoms with Crippen LogP contribution in [0.3, 0.4) is 0 Å². The normalized spacial score (nSPS) is 14.1. The molecule has 0 nitrogen and oxygen atoms in total. The number of rotatable bonds is 1. The highest BCUT2D eigenvalue weighted by atomic mass is 79.9. The minimum atomic E-state index is -0.123. The summed E-state index contributed by atoms with van der Waals surface area (Å²) in [5.41, 5.74) is 0.884. The summed E-state index contributed by atoms with van der Waals surface area (Å²) in [6.07, 6.45) is 0.